The number of aliphatic hydroxyl groups is 1. The predicted molar refractivity (Wildman–Crippen MR) is 97.9 cm³/mol. The highest BCUT2D eigenvalue weighted by Crippen LogP contribution is 2.32. The summed E-state index contributed by atoms with van der Waals surface area (Å²) in [6.07, 6.45) is 5.47. The van der Waals surface area contributed by atoms with E-state index in [4.69, 9.17) is 0 Å². The maximum Gasteiger partial charge on any atom is 0.251 e. The molecule has 0 unspecified atom stereocenters. The first-order valence-electron chi connectivity index (χ1n) is 8.98. The van der Waals surface area contributed by atoms with Gasteiger partial charge in [-0.25, -0.2) is 0 Å². The third kappa shape index (κ3) is 3.72. The van der Waals surface area contributed by atoms with Crippen molar-refractivity contribution < 1.29 is 9.90 Å². The van der Waals surface area contributed by atoms with Gasteiger partial charge in [0, 0.05) is 56.0 Å². The molecule has 1 aliphatic rings. The van der Waals surface area contributed by atoms with Gasteiger partial charge in [0.15, 0.2) is 0 Å². The van der Waals surface area contributed by atoms with Gasteiger partial charge in [0.2, 0.25) is 5.91 Å². The van der Waals surface area contributed by atoms with Crippen LogP contribution in [0.15, 0.2) is 35.5 Å². The summed E-state index contributed by atoms with van der Waals surface area (Å²) in [5, 5.41) is 14.1. The van der Waals surface area contributed by atoms with Gasteiger partial charge in [-0.05, 0) is 38.0 Å². The summed E-state index contributed by atoms with van der Waals surface area (Å²) in [6, 6.07) is 3.61. The predicted octanol–water partition coefficient (Wildman–Crippen LogP) is 1.17. The molecule has 1 saturated heterocycles. The lowest BCUT2D eigenvalue weighted by atomic mass is 9.92. The zero-order valence-electron chi connectivity index (χ0n) is 15.5. The minimum absolute atomic E-state index is 0.0153. The third-order valence-electron chi connectivity index (χ3n) is 5.06. The summed E-state index contributed by atoms with van der Waals surface area (Å²) < 4.78 is 3.31. The van der Waals surface area contributed by atoms with E-state index in [0.29, 0.717) is 13.1 Å². The summed E-state index contributed by atoms with van der Waals surface area (Å²) >= 11 is 0. The van der Waals surface area contributed by atoms with Crippen molar-refractivity contribution in [1.29, 1.82) is 0 Å². The van der Waals surface area contributed by atoms with E-state index in [0.717, 1.165) is 11.1 Å². The van der Waals surface area contributed by atoms with Gasteiger partial charge in [-0.3, -0.25) is 14.3 Å². The molecule has 7 heteroatoms. The van der Waals surface area contributed by atoms with Crippen molar-refractivity contribution in [1.82, 2.24) is 19.2 Å². The van der Waals surface area contributed by atoms with Gasteiger partial charge >= 0.3 is 0 Å². The molecule has 2 aromatic heterocycles. The van der Waals surface area contributed by atoms with Crippen molar-refractivity contribution in [2.45, 2.75) is 39.3 Å². The monoisotopic (exact) mass is 358 g/mol. The van der Waals surface area contributed by atoms with Crippen molar-refractivity contribution in [3.05, 3.63) is 52.2 Å². The Balaban J connectivity index is 1.73. The van der Waals surface area contributed by atoms with Gasteiger partial charge in [0.05, 0.1) is 6.20 Å². The van der Waals surface area contributed by atoms with E-state index < -0.39 is 0 Å². The molecule has 140 valence electrons. The number of aliphatic hydroxyl groups excluding tert-OH is 1. The first-order valence-corrected chi connectivity index (χ1v) is 8.98. The number of hydrogen-bond donors (Lipinski definition) is 1. The van der Waals surface area contributed by atoms with Crippen LogP contribution in [0.4, 0.5) is 0 Å². The Morgan fingerprint density at radius 1 is 1.38 bits per heavy atom. The fraction of sp³-hybridized carbons (Fsp3) is 0.526. The van der Waals surface area contributed by atoms with Crippen molar-refractivity contribution in [2.24, 2.45) is 5.92 Å². The molecule has 0 aliphatic carbocycles. The second kappa shape index (κ2) is 7.45. The third-order valence-corrected chi connectivity index (χ3v) is 5.06. The fourth-order valence-electron chi connectivity index (χ4n) is 3.45. The number of aromatic nitrogens is 3. The van der Waals surface area contributed by atoms with E-state index in [1.165, 1.54) is 10.6 Å². The second-order valence-electron chi connectivity index (χ2n) is 7.37. The Labute approximate surface area is 152 Å². The first-order chi connectivity index (χ1) is 12.4. The molecule has 3 heterocycles. The Morgan fingerprint density at radius 2 is 2.15 bits per heavy atom. The molecule has 0 saturated carbocycles. The summed E-state index contributed by atoms with van der Waals surface area (Å²) in [4.78, 5) is 26.4. The van der Waals surface area contributed by atoms with Crippen molar-refractivity contribution >= 4 is 5.91 Å². The lowest BCUT2D eigenvalue weighted by molar-refractivity contribution is -0.131. The fourth-order valence-corrected chi connectivity index (χ4v) is 3.45. The van der Waals surface area contributed by atoms with Crippen LogP contribution in [0.2, 0.25) is 0 Å². The normalized spacial score (nSPS) is 20.1. The number of aryl methyl sites for hydroxylation is 1. The maximum absolute atomic E-state index is 12.7. The van der Waals surface area contributed by atoms with Crippen molar-refractivity contribution in [3.8, 4) is 0 Å². The highest BCUT2D eigenvalue weighted by Gasteiger charge is 2.36. The van der Waals surface area contributed by atoms with Crippen LogP contribution in [0, 0.1) is 12.8 Å². The second-order valence-corrected chi connectivity index (χ2v) is 7.37. The van der Waals surface area contributed by atoms with Crippen LogP contribution in [0.25, 0.3) is 0 Å². The average Bonchev–Trinajstić information content (AvgIpc) is 3.23. The summed E-state index contributed by atoms with van der Waals surface area (Å²) in [5.41, 5.74) is 1.74. The van der Waals surface area contributed by atoms with Crippen LogP contribution in [-0.4, -0.2) is 50.0 Å². The first kappa shape index (κ1) is 18.4. The number of nitrogens with zero attached hydrogens (tertiary/aromatic N) is 4. The number of rotatable bonds is 5. The smallest absolute Gasteiger partial charge is 0.251 e. The highest BCUT2D eigenvalue weighted by atomic mass is 16.3. The largest absolute Gasteiger partial charge is 0.396 e. The van der Waals surface area contributed by atoms with Crippen LogP contribution in [-0.2, 0) is 11.3 Å². The minimum atomic E-state index is -0.175. The van der Waals surface area contributed by atoms with Crippen LogP contribution in [0.3, 0.4) is 0 Å². The quantitative estimate of drug-likeness (QED) is 0.870. The number of carbonyl (C=O) groups excluding carboxylic acids is 1. The van der Waals surface area contributed by atoms with E-state index in [9.17, 15) is 14.7 Å². The molecule has 7 nitrogen and oxygen atoms in total. The van der Waals surface area contributed by atoms with Crippen LogP contribution < -0.4 is 5.56 Å². The zero-order chi connectivity index (χ0) is 18.8. The van der Waals surface area contributed by atoms with E-state index >= 15 is 0 Å². The topological polar surface area (TPSA) is 80.4 Å². The highest BCUT2D eigenvalue weighted by molar-refractivity contribution is 5.76. The van der Waals surface area contributed by atoms with Gasteiger partial charge in [-0.1, -0.05) is 0 Å². The molecule has 3 rings (SSSR count). The van der Waals surface area contributed by atoms with Gasteiger partial charge in [-0.2, -0.15) is 5.10 Å². The number of hydrogen-bond acceptors (Lipinski definition) is 4. The maximum atomic E-state index is 12.7. The Hall–Kier alpha value is -2.41. The van der Waals surface area contributed by atoms with Crippen molar-refractivity contribution in [2.75, 3.05) is 19.7 Å². The Kier molecular flexibility index (Phi) is 5.27. The van der Waals surface area contributed by atoms with Crippen LogP contribution in [0.1, 0.15) is 36.9 Å². The summed E-state index contributed by atoms with van der Waals surface area (Å²) in [7, 11) is 0. The molecular weight excluding hydrogens is 332 g/mol. The minimum Gasteiger partial charge on any atom is -0.396 e. The molecule has 2 atom stereocenters. The van der Waals surface area contributed by atoms with Gasteiger partial charge < -0.3 is 14.6 Å². The molecule has 1 fully saturated rings. The Morgan fingerprint density at radius 3 is 2.77 bits per heavy atom. The molecular formula is C19H26N4O3. The lowest BCUT2D eigenvalue weighted by Gasteiger charge is -2.17. The Bertz CT molecular complexity index is 839. The molecule has 0 bridgehead atoms. The summed E-state index contributed by atoms with van der Waals surface area (Å²) in [6.45, 7) is 7.04. The molecule has 1 amide bonds. The van der Waals surface area contributed by atoms with E-state index in [1.54, 1.807) is 11.1 Å². The van der Waals surface area contributed by atoms with Crippen molar-refractivity contribution in [3.63, 3.8) is 0 Å². The molecule has 2 aromatic rings. The van der Waals surface area contributed by atoms with E-state index in [-0.39, 0.29) is 42.5 Å². The van der Waals surface area contributed by atoms with Crippen LogP contribution in [0.5, 0.6) is 0 Å². The zero-order valence-corrected chi connectivity index (χ0v) is 15.5. The van der Waals surface area contributed by atoms with E-state index in [2.05, 4.69) is 18.9 Å². The average molecular weight is 358 g/mol. The SMILES string of the molecule is Cc1ccn(CC(=O)N2C[C@@H](CO)[C@H](c3cnn(C(C)C)c3)C2)c(=O)c1. The molecule has 26 heavy (non-hydrogen) atoms. The number of likely N-dealkylation sites (tertiary alicyclic amines) is 1. The molecule has 0 spiro atoms. The lowest BCUT2D eigenvalue weighted by Crippen LogP contribution is -2.35. The molecule has 0 radical (unpaired) electrons. The van der Waals surface area contributed by atoms with Gasteiger partial charge in [0.25, 0.3) is 5.56 Å². The molecule has 1 aliphatic heterocycles. The van der Waals surface area contributed by atoms with Gasteiger partial charge in [-0.15, -0.1) is 0 Å². The molecule has 1 N–H and O–H groups in total. The number of pyridine rings is 1. The molecule has 0 aromatic carbocycles. The van der Waals surface area contributed by atoms with Gasteiger partial charge in [0.1, 0.15) is 6.54 Å². The van der Waals surface area contributed by atoms with E-state index in [1.807, 2.05) is 30.1 Å². The number of carbonyl (C=O) groups is 1. The number of amides is 1. The van der Waals surface area contributed by atoms with Crippen LogP contribution >= 0.6 is 0 Å². The summed E-state index contributed by atoms with van der Waals surface area (Å²) in [5.74, 6) is -0.0575. The standard InChI is InChI=1S/C19H26N4O3/c1-13(2)23-9-15(7-20-23)17-10-22(8-16(17)12-24)19(26)11-21-5-4-14(3)6-18(21)25/h4-7,9,13,16-17,24H,8,10-12H2,1-3H3/t16-,17-/m0/s1.